The van der Waals surface area contributed by atoms with Crippen molar-refractivity contribution in [3.05, 3.63) is 70.9 Å². The van der Waals surface area contributed by atoms with Crippen molar-refractivity contribution < 1.29 is 23.5 Å². The first-order valence-electron chi connectivity index (χ1n) is 12.9. The number of hydrogen-bond acceptors (Lipinski definition) is 5. The normalized spacial score (nSPS) is 20.5. The van der Waals surface area contributed by atoms with E-state index in [1.54, 1.807) is 6.92 Å². The predicted molar refractivity (Wildman–Crippen MR) is 137 cm³/mol. The molecule has 194 valence electrons. The molecule has 1 heterocycles. The van der Waals surface area contributed by atoms with Crippen LogP contribution in [0.15, 0.2) is 42.5 Å². The first-order valence-corrected chi connectivity index (χ1v) is 12.9. The third kappa shape index (κ3) is 4.97. The van der Waals surface area contributed by atoms with Gasteiger partial charge in [0.25, 0.3) is 5.91 Å². The number of aromatic amines is 1. The molecule has 0 atom stereocenters. The molecule has 3 fully saturated rings. The molecule has 2 N–H and O–H groups in total. The Hall–Kier alpha value is -3.68. The molecule has 0 spiro atoms. The third-order valence-electron chi connectivity index (χ3n) is 7.87. The van der Waals surface area contributed by atoms with E-state index in [2.05, 4.69) is 10.3 Å². The second kappa shape index (κ2) is 10.4. The number of carbonyl (C=O) groups excluding carboxylic acids is 2. The van der Waals surface area contributed by atoms with E-state index in [4.69, 9.17) is 14.5 Å². The predicted octanol–water partition coefficient (Wildman–Crippen LogP) is 5.55. The first-order chi connectivity index (χ1) is 17.9. The van der Waals surface area contributed by atoms with Crippen LogP contribution in [0.2, 0.25) is 0 Å². The zero-order valence-corrected chi connectivity index (χ0v) is 21.2. The zero-order chi connectivity index (χ0) is 26.0. The molecular formula is C29H32FN3O4. The van der Waals surface area contributed by atoms with Gasteiger partial charge in [0.15, 0.2) is 5.69 Å². The maximum atomic E-state index is 13.6. The Morgan fingerprint density at radius 1 is 1.11 bits per heavy atom. The molecule has 1 aromatic heterocycles. The summed E-state index contributed by atoms with van der Waals surface area (Å²) in [5, 5.41) is 2.81. The maximum Gasteiger partial charge on any atom is 0.357 e. The Morgan fingerprint density at radius 3 is 2.46 bits per heavy atom. The molecule has 37 heavy (non-hydrogen) atoms. The van der Waals surface area contributed by atoms with Gasteiger partial charge in [0, 0.05) is 17.5 Å². The molecule has 3 aliphatic carbocycles. The van der Waals surface area contributed by atoms with Crippen molar-refractivity contribution in [1.82, 2.24) is 15.3 Å². The van der Waals surface area contributed by atoms with Crippen LogP contribution in [0.3, 0.4) is 0 Å². The Kier molecular flexibility index (Phi) is 7.00. The minimum absolute atomic E-state index is 0.0104. The second-order valence-electron chi connectivity index (χ2n) is 10.0. The number of fused-ring (bicyclic) bond motifs is 3. The molecule has 0 saturated heterocycles. The highest BCUT2D eigenvalue weighted by Gasteiger charge is 2.44. The number of rotatable bonds is 8. The standard InChI is InChI=1S/C29H32FN3O4/c1-3-37-27(35)25-24(32-28(33-25)29-13-10-18(11-14-29)12-15-29)20-6-4-19(5-7-20)17-31-26(34)22-16-21(30)8-9-23(22)36-2/h4-9,16,18H,3,10-15,17H2,1-2H3,(H,31,34)(H,32,33). The summed E-state index contributed by atoms with van der Waals surface area (Å²) in [6.07, 6.45) is 6.94. The number of hydrogen-bond donors (Lipinski definition) is 2. The molecule has 8 heteroatoms. The lowest BCUT2D eigenvalue weighted by atomic mass is 9.60. The Bertz CT molecular complexity index is 1280. The summed E-state index contributed by atoms with van der Waals surface area (Å²) in [4.78, 5) is 33.8. The van der Waals surface area contributed by atoms with E-state index in [-0.39, 0.29) is 24.1 Å². The van der Waals surface area contributed by atoms with Crippen molar-refractivity contribution in [2.24, 2.45) is 5.92 Å². The number of aromatic nitrogens is 2. The highest BCUT2D eigenvalue weighted by molar-refractivity contribution is 5.97. The average molecular weight is 506 g/mol. The summed E-state index contributed by atoms with van der Waals surface area (Å²) in [5.41, 5.74) is 2.78. The van der Waals surface area contributed by atoms with Crippen LogP contribution in [0, 0.1) is 11.7 Å². The van der Waals surface area contributed by atoms with Gasteiger partial charge in [-0.15, -0.1) is 0 Å². The number of nitrogens with zero attached hydrogens (tertiary/aromatic N) is 1. The second-order valence-corrected chi connectivity index (χ2v) is 10.0. The summed E-state index contributed by atoms with van der Waals surface area (Å²) in [7, 11) is 1.44. The molecule has 2 bridgehead atoms. The molecule has 3 saturated carbocycles. The number of ether oxygens (including phenoxy) is 2. The molecular weight excluding hydrogens is 473 g/mol. The summed E-state index contributed by atoms with van der Waals surface area (Å²) < 4.78 is 24.1. The number of H-pyrrole nitrogens is 1. The monoisotopic (exact) mass is 505 g/mol. The molecule has 0 radical (unpaired) electrons. The van der Waals surface area contributed by atoms with Crippen LogP contribution >= 0.6 is 0 Å². The van der Waals surface area contributed by atoms with Gasteiger partial charge in [0.2, 0.25) is 0 Å². The molecule has 0 aliphatic heterocycles. The van der Waals surface area contributed by atoms with Crippen molar-refractivity contribution in [2.75, 3.05) is 13.7 Å². The summed E-state index contributed by atoms with van der Waals surface area (Å²) in [6, 6.07) is 11.4. The van der Waals surface area contributed by atoms with Gasteiger partial charge in [-0.05, 0) is 75.1 Å². The number of carbonyl (C=O) groups is 2. The molecule has 3 aliphatic rings. The van der Waals surface area contributed by atoms with Crippen LogP contribution in [0.5, 0.6) is 5.75 Å². The van der Waals surface area contributed by atoms with Crippen LogP contribution in [0.4, 0.5) is 4.39 Å². The molecule has 0 unspecified atom stereocenters. The van der Waals surface area contributed by atoms with Crippen LogP contribution in [-0.4, -0.2) is 35.6 Å². The van der Waals surface area contributed by atoms with Gasteiger partial charge < -0.3 is 19.8 Å². The van der Waals surface area contributed by atoms with E-state index < -0.39 is 17.7 Å². The molecule has 3 aromatic rings. The van der Waals surface area contributed by atoms with Gasteiger partial charge in [-0.1, -0.05) is 24.3 Å². The lowest BCUT2D eigenvalue weighted by Gasteiger charge is -2.45. The van der Waals surface area contributed by atoms with Crippen molar-refractivity contribution >= 4 is 11.9 Å². The SMILES string of the molecule is CCOC(=O)c1[nH]c(C23CCC(CC2)CC3)nc1-c1ccc(CNC(=O)c2cc(F)ccc2OC)cc1. The Morgan fingerprint density at radius 2 is 1.81 bits per heavy atom. The molecule has 1 amide bonds. The number of halogens is 1. The minimum Gasteiger partial charge on any atom is -0.496 e. The van der Waals surface area contributed by atoms with E-state index in [1.165, 1.54) is 38.5 Å². The highest BCUT2D eigenvalue weighted by Crippen LogP contribution is 2.51. The molecule has 7 nitrogen and oxygen atoms in total. The van der Waals surface area contributed by atoms with Crippen LogP contribution in [0.1, 0.15) is 77.7 Å². The highest BCUT2D eigenvalue weighted by atomic mass is 19.1. The van der Waals surface area contributed by atoms with Gasteiger partial charge in [0.05, 0.1) is 19.3 Å². The van der Waals surface area contributed by atoms with Crippen molar-refractivity contribution in [3.63, 3.8) is 0 Å². The lowest BCUT2D eigenvalue weighted by Crippen LogP contribution is -2.38. The van der Waals surface area contributed by atoms with Gasteiger partial charge in [-0.25, -0.2) is 14.2 Å². The van der Waals surface area contributed by atoms with Crippen LogP contribution < -0.4 is 10.1 Å². The quantitative estimate of drug-likeness (QED) is 0.392. The van der Waals surface area contributed by atoms with E-state index in [1.807, 2.05) is 24.3 Å². The number of esters is 1. The van der Waals surface area contributed by atoms with Crippen molar-refractivity contribution in [2.45, 2.75) is 57.4 Å². The summed E-state index contributed by atoms with van der Waals surface area (Å²) >= 11 is 0. The van der Waals surface area contributed by atoms with Gasteiger partial charge in [-0.3, -0.25) is 4.79 Å². The maximum absolute atomic E-state index is 13.6. The smallest absolute Gasteiger partial charge is 0.357 e. The zero-order valence-electron chi connectivity index (χ0n) is 21.2. The van der Waals surface area contributed by atoms with Crippen LogP contribution in [-0.2, 0) is 16.7 Å². The fraction of sp³-hybridized carbons (Fsp3) is 0.414. The van der Waals surface area contributed by atoms with Gasteiger partial charge >= 0.3 is 5.97 Å². The fourth-order valence-electron chi connectivity index (χ4n) is 5.70. The first kappa shape index (κ1) is 25.0. The number of nitrogens with one attached hydrogen (secondary N) is 2. The van der Waals surface area contributed by atoms with E-state index in [9.17, 15) is 14.0 Å². The summed E-state index contributed by atoms with van der Waals surface area (Å²) in [6.45, 7) is 2.33. The van der Waals surface area contributed by atoms with E-state index in [0.717, 1.165) is 48.2 Å². The number of benzene rings is 2. The topological polar surface area (TPSA) is 93.3 Å². The minimum atomic E-state index is -0.508. The van der Waals surface area contributed by atoms with Gasteiger partial charge in [-0.2, -0.15) is 0 Å². The molecule has 2 aromatic carbocycles. The average Bonchev–Trinajstić information content (AvgIpc) is 3.40. The number of imidazole rings is 1. The summed E-state index contributed by atoms with van der Waals surface area (Å²) in [5.74, 6) is 0.689. The number of methoxy groups -OCH3 is 1. The van der Waals surface area contributed by atoms with E-state index >= 15 is 0 Å². The Labute approximate surface area is 215 Å². The lowest BCUT2D eigenvalue weighted by molar-refractivity contribution is 0.0520. The number of amides is 1. The molecule has 6 rings (SSSR count). The van der Waals surface area contributed by atoms with E-state index in [0.29, 0.717) is 17.1 Å². The van der Waals surface area contributed by atoms with Crippen LogP contribution in [0.25, 0.3) is 11.3 Å². The Balaban J connectivity index is 1.36. The van der Waals surface area contributed by atoms with Gasteiger partial charge in [0.1, 0.15) is 23.1 Å². The fourth-order valence-corrected chi connectivity index (χ4v) is 5.70. The van der Waals surface area contributed by atoms with Crippen molar-refractivity contribution in [1.29, 1.82) is 0 Å². The third-order valence-corrected chi connectivity index (χ3v) is 7.87. The van der Waals surface area contributed by atoms with Crippen molar-refractivity contribution in [3.8, 4) is 17.0 Å². The largest absolute Gasteiger partial charge is 0.496 e.